The molecule has 0 radical (unpaired) electrons. The molecule has 1 heterocycles. The maximum absolute atomic E-state index is 11.9. The molecule has 8 heteroatoms. The molecule has 2 amide bonds. The average Bonchev–Trinajstić information content (AvgIpc) is 2.89. The van der Waals surface area contributed by atoms with E-state index in [-0.39, 0.29) is 6.61 Å². The van der Waals surface area contributed by atoms with Crippen LogP contribution < -0.4 is 15.6 Å². The van der Waals surface area contributed by atoms with Crippen LogP contribution >= 0.6 is 15.9 Å². The highest BCUT2D eigenvalue weighted by Gasteiger charge is 2.12. The van der Waals surface area contributed by atoms with Crippen molar-refractivity contribution in [2.75, 3.05) is 6.61 Å². The fourth-order valence-corrected chi connectivity index (χ4v) is 2.28. The minimum absolute atomic E-state index is 0.261. The van der Waals surface area contributed by atoms with Gasteiger partial charge in [-0.3, -0.25) is 20.4 Å². The van der Waals surface area contributed by atoms with Gasteiger partial charge in [0.05, 0.1) is 11.6 Å². The van der Waals surface area contributed by atoms with Gasteiger partial charge < -0.3 is 9.30 Å². The number of rotatable bonds is 4. The van der Waals surface area contributed by atoms with Crippen LogP contribution in [0.15, 0.2) is 41.0 Å². The second kappa shape index (κ2) is 7.47. The van der Waals surface area contributed by atoms with Crippen molar-refractivity contribution in [3.8, 4) is 11.8 Å². The van der Waals surface area contributed by atoms with Gasteiger partial charge in [0.25, 0.3) is 11.8 Å². The van der Waals surface area contributed by atoms with Crippen LogP contribution in [0.2, 0.25) is 0 Å². The SMILES string of the molecule is Cn1cc(Br)cc1C(=O)NNC(=O)COc1ccc(C#N)cc1. The lowest BCUT2D eigenvalue weighted by molar-refractivity contribution is -0.123. The van der Waals surface area contributed by atoms with Gasteiger partial charge >= 0.3 is 0 Å². The molecule has 2 aromatic rings. The average molecular weight is 377 g/mol. The van der Waals surface area contributed by atoms with E-state index in [9.17, 15) is 9.59 Å². The molecule has 0 aliphatic carbocycles. The number of carbonyl (C=O) groups is 2. The van der Waals surface area contributed by atoms with Crippen LogP contribution in [0.3, 0.4) is 0 Å². The first-order valence-electron chi connectivity index (χ1n) is 6.53. The van der Waals surface area contributed by atoms with Gasteiger partial charge in [0, 0.05) is 17.7 Å². The predicted molar refractivity (Wildman–Crippen MR) is 85.4 cm³/mol. The molecule has 2 N–H and O–H groups in total. The molecule has 0 atom stereocenters. The van der Waals surface area contributed by atoms with Gasteiger partial charge in [-0.05, 0) is 46.3 Å². The Morgan fingerprint density at radius 3 is 2.57 bits per heavy atom. The second-order valence-electron chi connectivity index (χ2n) is 4.58. The Bertz CT molecular complexity index is 762. The Morgan fingerprint density at radius 1 is 1.30 bits per heavy atom. The van der Waals surface area contributed by atoms with E-state index in [0.717, 1.165) is 4.47 Å². The zero-order valence-corrected chi connectivity index (χ0v) is 13.8. The zero-order valence-electron chi connectivity index (χ0n) is 12.2. The summed E-state index contributed by atoms with van der Waals surface area (Å²) in [5, 5.41) is 8.68. The molecule has 23 heavy (non-hydrogen) atoms. The Hall–Kier alpha value is -2.79. The first-order chi connectivity index (χ1) is 11.0. The maximum Gasteiger partial charge on any atom is 0.286 e. The summed E-state index contributed by atoms with van der Waals surface area (Å²) < 4.78 is 7.64. The van der Waals surface area contributed by atoms with E-state index in [1.54, 1.807) is 48.1 Å². The number of halogens is 1. The van der Waals surface area contributed by atoms with Crippen LogP contribution in [-0.2, 0) is 11.8 Å². The van der Waals surface area contributed by atoms with Crippen molar-refractivity contribution in [1.82, 2.24) is 15.4 Å². The summed E-state index contributed by atoms with van der Waals surface area (Å²) in [4.78, 5) is 23.5. The lowest BCUT2D eigenvalue weighted by Crippen LogP contribution is -2.44. The van der Waals surface area contributed by atoms with Crippen molar-refractivity contribution in [2.24, 2.45) is 7.05 Å². The molecule has 0 saturated carbocycles. The third-order valence-electron chi connectivity index (χ3n) is 2.87. The van der Waals surface area contributed by atoms with Crippen LogP contribution in [0, 0.1) is 11.3 Å². The first kappa shape index (κ1) is 16.6. The number of hydrogen-bond donors (Lipinski definition) is 2. The van der Waals surface area contributed by atoms with Gasteiger partial charge in [-0.15, -0.1) is 0 Å². The Balaban J connectivity index is 1.79. The quantitative estimate of drug-likeness (QED) is 0.790. The summed E-state index contributed by atoms with van der Waals surface area (Å²) in [6.07, 6.45) is 1.73. The van der Waals surface area contributed by atoms with Crippen LogP contribution in [0.25, 0.3) is 0 Å². The highest BCUT2D eigenvalue weighted by molar-refractivity contribution is 9.10. The molecule has 118 valence electrons. The van der Waals surface area contributed by atoms with Gasteiger partial charge in [-0.1, -0.05) is 0 Å². The van der Waals surface area contributed by atoms with E-state index >= 15 is 0 Å². The van der Waals surface area contributed by atoms with E-state index in [2.05, 4.69) is 26.8 Å². The standard InChI is InChI=1S/C15H13BrN4O3/c1-20-8-11(16)6-13(20)15(22)19-18-14(21)9-23-12-4-2-10(7-17)3-5-12/h2-6,8H,9H2,1H3,(H,18,21)(H,19,22). The Kier molecular flexibility index (Phi) is 5.38. The molecular weight excluding hydrogens is 364 g/mol. The lowest BCUT2D eigenvalue weighted by Gasteiger charge is -2.09. The van der Waals surface area contributed by atoms with E-state index in [0.29, 0.717) is 17.0 Å². The molecule has 0 fully saturated rings. The van der Waals surface area contributed by atoms with E-state index in [1.165, 1.54) is 0 Å². The second-order valence-corrected chi connectivity index (χ2v) is 5.50. The van der Waals surface area contributed by atoms with E-state index in [1.807, 2.05) is 6.07 Å². The maximum atomic E-state index is 11.9. The number of aromatic nitrogens is 1. The smallest absolute Gasteiger partial charge is 0.286 e. The fraction of sp³-hybridized carbons (Fsp3) is 0.133. The van der Waals surface area contributed by atoms with Gasteiger partial charge in [0.2, 0.25) is 0 Å². The number of nitrogens with zero attached hydrogens (tertiary/aromatic N) is 2. The molecule has 0 aliphatic rings. The highest BCUT2D eigenvalue weighted by atomic mass is 79.9. The molecule has 0 saturated heterocycles. The molecule has 0 aliphatic heterocycles. The van der Waals surface area contributed by atoms with E-state index < -0.39 is 11.8 Å². The number of nitriles is 1. The molecule has 7 nitrogen and oxygen atoms in total. The number of ether oxygens (including phenoxy) is 1. The number of carbonyl (C=O) groups excluding carboxylic acids is 2. The summed E-state index contributed by atoms with van der Waals surface area (Å²) in [5.74, 6) is -0.488. The van der Waals surface area contributed by atoms with Crippen molar-refractivity contribution < 1.29 is 14.3 Å². The number of nitrogens with one attached hydrogen (secondary N) is 2. The summed E-state index contributed by atoms with van der Waals surface area (Å²) in [7, 11) is 1.72. The number of hydrogen-bond acceptors (Lipinski definition) is 4. The Morgan fingerprint density at radius 2 is 2.00 bits per heavy atom. The monoisotopic (exact) mass is 376 g/mol. The summed E-state index contributed by atoms with van der Waals surface area (Å²) in [6, 6.07) is 9.97. The van der Waals surface area contributed by atoms with Gasteiger partial charge in [-0.25, -0.2) is 0 Å². The minimum Gasteiger partial charge on any atom is -0.484 e. The molecular formula is C15H13BrN4O3. The van der Waals surface area contributed by atoms with Crippen LogP contribution in [-0.4, -0.2) is 23.0 Å². The third kappa shape index (κ3) is 4.59. The summed E-state index contributed by atoms with van der Waals surface area (Å²) in [5.41, 5.74) is 5.47. The fourth-order valence-electron chi connectivity index (χ4n) is 1.75. The zero-order chi connectivity index (χ0) is 16.8. The molecule has 2 rings (SSSR count). The predicted octanol–water partition coefficient (Wildman–Crippen LogP) is 1.50. The van der Waals surface area contributed by atoms with Gasteiger partial charge in [0.1, 0.15) is 11.4 Å². The van der Waals surface area contributed by atoms with Gasteiger partial charge in [0.15, 0.2) is 6.61 Å². The normalized spacial score (nSPS) is 9.78. The van der Waals surface area contributed by atoms with Crippen molar-refractivity contribution >= 4 is 27.7 Å². The highest BCUT2D eigenvalue weighted by Crippen LogP contribution is 2.13. The third-order valence-corrected chi connectivity index (χ3v) is 3.31. The number of aryl methyl sites for hydroxylation is 1. The number of amides is 2. The van der Waals surface area contributed by atoms with Crippen molar-refractivity contribution in [2.45, 2.75) is 0 Å². The van der Waals surface area contributed by atoms with Gasteiger partial charge in [-0.2, -0.15) is 5.26 Å². The number of benzene rings is 1. The van der Waals surface area contributed by atoms with E-state index in [4.69, 9.17) is 10.00 Å². The van der Waals surface area contributed by atoms with Crippen LogP contribution in [0.4, 0.5) is 0 Å². The first-order valence-corrected chi connectivity index (χ1v) is 7.33. The van der Waals surface area contributed by atoms with Crippen LogP contribution in [0.5, 0.6) is 5.75 Å². The lowest BCUT2D eigenvalue weighted by atomic mass is 10.2. The van der Waals surface area contributed by atoms with Crippen molar-refractivity contribution in [3.63, 3.8) is 0 Å². The molecule has 0 unspecified atom stereocenters. The molecule has 0 bridgehead atoms. The van der Waals surface area contributed by atoms with Crippen LogP contribution in [0.1, 0.15) is 16.1 Å². The Labute approximate surface area is 140 Å². The number of hydrazine groups is 1. The summed E-state index contributed by atoms with van der Waals surface area (Å²) >= 11 is 3.26. The largest absolute Gasteiger partial charge is 0.484 e. The summed E-state index contributed by atoms with van der Waals surface area (Å²) in [6.45, 7) is -0.261. The molecule has 1 aromatic heterocycles. The molecule has 1 aromatic carbocycles. The topological polar surface area (TPSA) is 96.2 Å². The van der Waals surface area contributed by atoms with Crippen molar-refractivity contribution in [1.29, 1.82) is 5.26 Å². The van der Waals surface area contributed by atoms with Crippen molar-refractivity contribution in [3.05, 3.63) is 52.3 Å². The minimum atomic E-state index is -0.504. The molecule has 0 spiro atoms.